The second kappa shape index (κ2) is 9.21. The fourth-order valence-electron chi connectivity index (χ4n) is 3.57. The molecule has 0 saturated carbocycles. The van der Waals surface area contributed by atoms with Gasteiger partial charge in [-0.15, -0.1) is 11.3 Å². The van der Waals surface area contributed by atoms with Gasteiger partial charge in [0.15, 0.2) is 5.13 Å². The smallest absolute Gasteiger partial charge is 0.345 e. The predicted octanol–water partition coefficient (Wildman–Crippen LogP) is 5.06. The van der Waals surface area contributed by atoms with Crippen LogP contribution in [0, 0.1) is 5.82 Å². The molecule has 33 heavy (non-hydrogen) atoms. The Hall–Kier alpha value is -2.21. The van der Waals surface area contributed by atoms with Crippen LogP contribution in [0.4, 0.5) is 22.7 Å². The average molecular weight is 520 g/mol. The summed E-state index contributed by atoms with van der Waals surface area (Å²) in [7, 11) is -4.30. The molecule has 0 aliphatic carbocycles. The van der Waals surface area contributed by atoms with Crippen molar-refractivity contribution in [2.45, 2.75) is 17.5 Å². The van der Waals surface area contributed by atoms with Crippen molar-refractivity contribution < 1.29 is 26.0 Å². The van der Waals surface area contributed by atoms with Gasteiger partial charge in [0.25, 0.3) is 0 Å². The number of hydrogen-bond donors (Lipinski definition) is 0. The molecule has 1 aromatic heterocycles. The molecule has 2 heterocycles. The summed E-state index contributed by atoms with van der Waals surface area (Å²) >= 11 is 7.20. The largest absolute Gasteiger partial charge is 0.417 e. The monoisotopic (exact) mass is 519 g/mol. The lowest BCUT2D eigenvalue weighted by atomic mass is 10.1. The lowest BCUT2D eigenvalue weighted by molar-refractivity contribution is -0.139. The summed E-state index contributed by atoms with van der Waals surface area (Å²) in [5.74, 6) is -0.495. The molecule has 176 valence electrons. The predicted molar refractivity (Wildman–Crippen MR) is 119 cm³/mol. The zero-order valence-corrected chi connectivity index (χ0v) is 19.4. The summed E-state index contributed by atoms with van der Waals surface area (Å²) in [5, 5.41) is 2.58. The Kier molecular flexibility index (Phi) is 6.68. The Morgan fingerprint density at radius 1 is 1.06 bits per heavy atom. The lowest BCUT2D eigenvalue weighted by Crippen LogP contribution is -2.49. The third-order valence-corrected chi connectivity index (χ3v) is 8.42. The summed E-state index contributed by atoms with van der Waals surface area (Å²) in [4.78, 5) is 5.72. The minimum Gasteiger partial charge on any atom is -0.345 e. The van der Waals surface area contributed by atoms with E-state index in [1.807, 2.05) is 10.3 Å². The quantitative estimate of drug-likeness (QED) is 0.442. The van der Waals surface area contributed by atoms with E-state index >= 15 is 0 Å². The summed E-state index contributed by atoms with van der Waals surface area (Å²) in [6.07, 6.45) is -4.31. The maximum atomic E-state index is 13.3. The van der Waals surface area contributed by atoms with Crippen LogP contribution >= 0.6 is 22.9 Å². The minimum absolute atomic E-state index is 0.0346. The van der Waals surface area contributed by atoms with Crippen molar-refractivity contribution in [3.8, 4) is 0 Å². The summed E-state index contributed by atoms with van der Waals surface area (Å²) in [5.41, 5.74) is 0.391. The number of anilines is 1. The van der Waals surface area contributed by atoms with Crippen LogP contribution in [-0.2, 0) is 22.6 Å². The molecule has 3 aromatic rings. The minimum atomic E-state index is -4.77. The van der Waals surface area contributed by atoms with Crippen LogP contribution in [0.3, 0.4) is 0 Å². The standard InChI is InChI=1S/C21H18ClF4N3O2S2/c22-17-12-14(5-6-18(17)23)11-15-13-32-20(27-15)28-7-9-29(10-8-28)33(30,31)19-4-2-1-3-16(19)21(24,25)26/h1-6,12-13H,7-11H2. The van der Waals surface area contributed by atoms with E-state index in [1.165, 1.54) is 29.5 Å². The highest BCUT2D eigenvalue weighted by atomic mass is 35.5. The first-order chi connectivity index (χ1) is 15.6. The second-order valence-corrected chi connectivity index (χ2v) is 10.6. The Bertz CT molecular complexity index is 1260. The van der Waals surface area contributed by atoms with Gasteiger partial charge in [0, 0.05) is 38.0 Å². The topological polar surface area (TPSA) is 53.5 Å². The molecule has 1 fully saturated rings. The molecule has 12 heteroatoms. The van der Waals surface area contributed by atoms with Crippen LogP contribution in [0.2, 0.25) is 5.02 Å². The van der Waals surface area contributed by atoms with Crippen LogP contribution in [0.1, 0.15) is 16.8 Å². The highest BCUT2D eigenvalue weighted by Crippen LogP contribution is 2.35. The molecule has 0 atom stereocenters. The third-order valence-electron chi connectivity index (χ3n) is 5.23. The Balaban J connectivity index is 1.44. The summed E-state index contributed by atoms with van der Waals surface area (Å²) < 4.78 is 80.2. The van der Waals surface area contributed by atoms with E-state index in [0.717, 1.165) is 27.7 Å². The van der Waals surface area contributed by atoms with E-state index in [0.29, 0.717) is 24.6 Å². The van der Waals surface area contributed by atoms with Gasteiger partial charge in [0.1, 0.15) is 5.82 Å². The number of aromatic nitrogens is 1. The fraction of sp³-hybridized carbons (Fsp3) is 0.286. The first-order valence-corrected chi connectivity index (χ1v) is 12.5. The first-order valence-electron chi connectivity index (χ1n) is 9.85. The van der Waals surface area contributed by atoms with Gasteiger partial charge in [-0.05, 0) is 29.8 Å². The Morgan fingerprint density at radius 3 is 2.42 bits per heavy atom. The van der Waals surface area contributed by atoms with E-state index in [-0.39, 0.29) is 18.1 Å². The number of benzene rings is 2. The van der Waals surface area contributed by atoms with E-state index in [9.17, 15) is 26.0 Å². The first kappa shape index (κ1) is 23.9. The molecular formula is C21H18ClF4N3O2S2. The number of nitrogens with zero attached hydrogens (tertiary/aromatic N) is 3. The molecule has 0 spiro atoms. The van der Waals surface area contributed by atoms with Crippen molar-refractivity contribution in [2.75, 3.05) is 31.1 Å². The van der Waals surface area contributed by atoms with Crippen molar-refractivity contribution in [3.63, 3.8) is 0 Å². The number of rotatable bonds is 5. The number of halogens is 5. The molecule has 1 saturated heterocycles. The van der Waals surface area contributed by atoms with Gasteiger partial charge in [0.05, 0.1) is 21.2 Å². The summed E-state index contributed by atoms with van der Waals surface area (Å²) in [6, 6.07) is 8.67. The molecule has 5 nitrogen and oxygen atoms in total. The molecular weight excluding hydrogens is 502 g/mol. The van der Waals surface area contributed by atoms with Crippen LogP contribution in [0.5, 0.6) is 0 Å². The third kappa shape index (κ3) is 5.16. The molecule has 0 bridgehead atoms. The SMILES string of the molecule is O=S(=O)(c1ccccc1C(F)(F)F)N1CCN(c2nc(Cc3ccc(F)c(Cl)c3)cs2)CC1. The number of alkyl halides is 3. The molecule has 1 aliphatic heterocycles. The van der Waals surface area contributed by atoms with Crippen molar-refractivity contribution in [2.24, 2.45) is 0 Å². The van der Waals surface area contributed by atoms with Gasteiger partial charge in [-0.25, -0.2) is 17.8 Å². The van der Waals surface area contributed by atoms with E-state index in [4.69, 9.17) is 11.6 Å². The van der Waals surface area contributed by atoms with Gasteiger partial charge in [-0.1, -0.05) is 29.8 Å². The molecule has 2 aromatic carbocycles. The van der Waals surface area contributed by atoms with Crippen molar-refractivity contribution >= 4 is 38.1 Å². The Labute approximate surface area is 197 Å². The van der Waals surface area contributed by atoms with Crippen LogP contribution in [0.25, 0.3) is 0 Å². The van der Waals surface area contributed by atoms with E-state index in [1.54, 1.807) is 12.1 Å². The normalized spacial score (nSPS) is 15.7. The number of piperazine rings is 1. The number of hydrogen-bond acceptors (Lipinski definition) is 5. The van der Waals surface area contributed by atoms with Crippen LogP contribution in [-0.4, -0.2) is 43.9 Å². The molecule has 0 radical (unpaired) electrons. The molecule has 1 aliphatic rings. The molecule has 0 N–H and O–H groups in total. The van der Waals surface area contributed by atoms with Gasteiger partial charge in [-0.2, -0.15) is 17.5 Å². The van der Waals surface area contributed by atoms with Gasteiger partial charge in [0.2, 0.25) is 10.0 Å². The average Bonchev–Trinajstić information content (AvgIpc) is 3.24. The van der Waals surface area contributed by atoms with Gasteiger partial charge < -0.3 is 4.90 Å². The Morgan fingerprint density at radius 2 is 1.76 bits per heavy atom. The van der Waals surface area contributed by atoms with Crippen molar-refractivity contribution in [1.82, 2.24) is 9.29 Å². The zero-order valence-electron chi connectivity index (χ0n) is 17.0. The second-order valence-electron chi connectivity index (χ2n) is 7.43. The number of sulfonamides is 1. The van der Waals surface area contributed by atoms with E-state index < -0.39 is 32.5 Å². The van der Waals surface area contributed by atoms with Gasteiger partial charge in [-0.3, -0.25) is 0 Å². The molecule has 4 rings (SSSR count). The zero-order chi connectivity index (χ0) is 23.8. The lowest BCUT2D eigenvalue weighted by Gasteiger charge is -2.34. The maximum absolute atomic E-state index is 13.3. The van der Waals surface area contributed by atoms with E-state index in [2.05, 4.69) is 4.98 Å². The van der Waals surface area contributed by atoms with Crippen molar-refractivity contribution in [3.05, 3.63) is 75.5 Å². The van der Waals surface area contributed by atoms with Crippen LogP contribution in [0.15, 0.2) is 52.7 Å². The fourth-order valence-corrected chi connectivity index (χ4v) is 6.28. The van der Waals surface area contributed by atoms with Crippen molar-refractivity contribution in [1.29, 1.82) is 0 Å². The highest BCUT2D eigenvalue weighted by Gasteiger charge is 2.39. The number of thiazole rings is 1. The molecule has 0 amide bonds. The maximum Gasteiger partial charge on any atom is 0.417 e. The molecule has 0 unspecified atom stereocenters. The summed E-state index contributed by atoms with van der Waals surface area (Å²) in [6.45, 7) is 0.666. The van der Waals surface area contributed by atoms with Crippen LogP contribution < -0.4 is 4.90 Å². The van der Waals surface area contributed by atoms with Gasteiger partial charge >= 0.3 is 6.18 Å². The highest BCUT2D eigenvalue weighted by molar-refractivity contribution is 7.89.